The standard InChI is InChI=1S/C17H20N2O4S/c1-19-13-5-3-2-4-11(13)12(10-14(19)20)15(21)18-17(16(22)23)6-8-24-9-7-17/h2-5,12H,6-10H2,1H3,(H,18,21)(H,22,23). The van der Waals surface area contributed by atoms with E-state index in [1.165, 1.54) is 0 Å². The molecule has 0 radical (unpaired) electrons. The Labute approximate surface area is 144 Å². The molecule has 2 N–H and O–H groups in total. The molecule has 2 aliphatic heterocycles. The highest BCUT2D eigenvalue weighted by Gasteiger charge is 2.44. The van der Waals surface area contributed by atoms with Crippen molar-refractivity contribution in [3.05, 3.63) is 29.8 Å². The first-order valence-corrected chi connectivity index (χ1v) is 9.09. The molecule has 0 saturated carbocycles. The van der Waals surface area contributed by atoms with Crippen LogP contribution in [0.25, 0.3) is 0 Å². The van der Waals surface area contributed by atoms with Gasteiger partial charge in [0.1, 0.15) is 5.54 Å². The number of aliphatic carboxylic acids is 1. The quantitative estimate of drug-likeness (QED) is 0.866. The Hall–Kier alpha value is -2.02. The highest BCUT2D eigenvalue weighted by atomic mass is 32.2. The predicted octanol–water partition coefficient (Wildman–Crippen LogP) is 1.60. The van der Waals surface area contributed by atoms with Gasteiger partial charge in [-0.3, -0.25) is 9.59 Å². The monoisotopic (exact) mass is 348 g/mol. The number of para-hydroxylation sites is 1. The van der Waals surface area contributed by atoms with Crippen LogP contribution in [0.5, 0.6) is 0 Å². The van der Waals surface area contributed by atoms with Crippen molar-refractivity contribution in [2.24, 2.45) is 0 Å². The predicted molar refractivity (Wildman–Crippen MR) is 92.3 cm³/mol. The number of anilines is 1. The number of thioether (sulfide) groups is 1. The van der Waals surface area contributed by atoms with Crippen LogP contribution in [0.1, 0.15) is 30.7 Å². The van der Waals surface area contributed by atoms with Crippen molar-refractivity contribution in [1.29, 1.82) is 0 Å². The number of amides is 2. The fourth-order valence-corrected chi connectivity index (χ4v) is 4.50. The van der Waals surface area contributed by atoms with Crippen LogP contribution in [-0.4, -0.2) is 47.0 Å². The van der Waals surface area contributed by atoms with Gasteiger partial charge in [0.25, 0.3) is 0 Å². The molecule has 2 aliphatic rings. The zero-order valence-electron chi connectivity index (χ0n) is 13.4. The normalized spacial score (nSPS) is 22.6. The van der Waals surface area contributed by atoms with Crippen molar-refractivity contribution < 1.29 is 19.5 Å². The number of carboxylic acids is 1. The van der Waals surface area contributed by atoms with Gasteiger partial charge in [0.2, 0.25) is 11.8 Å². The number of fused-ring (bicyclic) bond motifs is 1. The molecule has 7 heteroatoms. The smallest absolute Gasteiger partial charge is 0.329 e. The molecule has 6 nitrogen and oxygen atoms in total. The number of carbonyl (C=O) groups excluding carboxylic acids is 2. The number of nitrogens with zero attached hydrogens (tertiary/aromatic N) is 1. The maximum Gasteiger partial charge on any atom is 0.329 e. The molecule has 0 spiro atoms. The van der Waals surface area contributed by atoms with Gasteiger partial charge in [0.15, 0.2) is 0 Å². The summed E-state index contributed by atoms with van der Waals surface area (Å²) in [5.74, 6) is -0.750. The number of carboxylic acid groups (broad SMARTS) is 1. The number of rotatable bonds is 3. The van der Waals surface area contributed by atoms with E-state index in [1.54, 1.807) is 29.8 Å². The fourth-order valence-electron chi connectivity index (χ4n) is 3.31. The highest BCUT2D eigenvalue weighted by molar-refractivity contribution is 7.99. The second-order valence-corrected chi connectivity index (χ2v) is 7.48. The zero-order valence-corrected chi connectivity index (χ0v) is 14.3. The van der Waals surface area contributed by atoms with Gasteiger partial charge < -0.3 is 15.3 Å². The van der Waals surface area contributed by atoms with Crippen LogP contribution in [0.2, 0.25) is 0 Å². The van der Waals surface area contributed by atoms with Crippen molar-refractivity contribution in [2.75, 3.05) is 23.5 Å². The first kappa shape index (κ1) is 16.8. The van der Waals surface area contributed by atoms with Crippen LogP contribution in [-0.2, 0) is 14.4 Å². The van der Waals surface area contributed by atoms with Gasteiger partial charge in [-0.15, -0.1) is 0 Å². The molecule has 0 bridgehead atoms. The van der Waals surface area contributed by atoms with Crippen molar-refractivity contribution in [3.8, 4) is 0 Å². The summed E-state index contributed by atoms with van der Waals surface area (Å²) in [6.45, 7) is 0. The summed E-state index contributed by atoms with van der Waals surface area (Å²) >= 11 is 1.69. The van der Waals surface area contributed by atoms with Gasteiger partial charge in [-0.2, -0.15) is 11.8 Å². The van der Waals surface area contributed by atoms with Crippen LogP contribution in [0.4, 0.5) is 5.69 Å². The Morgan fingerprint density at radius 2 is 1.96 bits per heavy atom. The zero-order chi connectivity index (χ0) is 17.3. The molecular formula is C17H20N2O4S. The minimum atomic E-state index is -1.22. The van der Waals surface area contributed by atoms with E-state index in [-0.39, 0.29) is 18.2 Å². The molecule has 1 aromatic carbocycles. The Morgan fingerprint density at radius 1 is 1.29 bits per heavy atom. The van der Waals surface area contributed by atoms with Crippen LogP contribution < -0.4 is 10.2 Å². The lowest BCUT2D eigenvalue weighted by Crippen LogP contribution is -2.58. The van der Waals surface area contributed by atoms with Crippen molar-refractivity contribution in [1.82, 2.24) is 5.32 Å². The molecule has 1 atom stereocenters. The lowest BCUT2D eigenvalue weighted by atomic mass is 9.86. The highest BCUT2D eigenvalue weighted by Crippen LogP contribution is 2.36. The second kappa shape index (κ2) is 6.47. The lowest BCUT2D eigenvalue weighted by Gasteiger charge is -2.37. The minimum absolute atomic E-state index is 0.0593. The molecule has 0 aliphatic carbocycles. The molecule has 1 fully saturated rings. The molecular weight excluding hydrogens is 328 g/mol. The van der Waals surface area contributed by atoms with Crippen molar-refractivity contribution in [3.63, 3.8) is 0 Å². The van der Waals surface area contributed by atoms with Crippen LogP contribution >= 0.6 is 11.8 Å². The van der Waals surface area contributed by atoms with E-state index in [1.807, 2.05) is 18.2 Å². The SMILES string of the molecule is CN1C(=O)CC(C(=O)NC2(C(=O)O)CCSCC2)c2ccccc21. The average molecular weight is 348 g/mol. The van der Waals surface area contributed by atoms with E-state index in [0.717, 1.165) is 5.56 Å². The van der Waals surface area contributed by atoms with Gasteiger partial charge in [-0.25, -0.2) is 4.79 Å². The second-order valence-electron chi connectivity index (χ2n) is 6.26. The van der Waals surface area contributed by atoms with Crippen LogP contribution in [0, 0.1) is 0 Å². The summed E-state index contributed by atoms with van der Waals surface area (Å²) in [5, 5.41) is 12.4. The topological polar surface area (TPSA) is 86.7 Å². The van der Waals surface area contributed by atoms with Gasteiger partial charge in [0.05, 0.1) is 5.92 Å². The molecule has 2 heterocycles. The van der Waals surface area contributed by atoms with Gasteiger partial charge in [-0.1, -0.05) is 18.2 Å². The summed E-state index contributed by atoms with van der Waals surface area (Å²) in [6, 6.07) is 7.27. The van der Waals surface area contributed by atoms with E-state index >= 15 is 0 Å². The summed E-state index contributed by atoms with van der Waals surface area (Å²) in [7, 11) is 1.69. The number of carbonyl (C=O) groups is 3. The summed E-state index contributed by atoms with van der Waals surface area (Å²) < 4.78 is 0. The third-order valence-corrected chi connectivity index (χ3v) is 5.85. The summed E-state index contributed by atoms with van der Waals surface area (Å²) in [6.07, 6.45) is 0.867. The van der Waals surface area contributed by atoms with E-state index in [4.69, 9.17) is 0 Å². The number of benzene rings is 1. The molecule has 1 saturated heterocycles. The maximum atomic E-state index is 12.8. The molecule has 1 unspecified atom stereocenters. The Bertz CT molecular complexity index is 685. The molecule has 2 amide bonds. The van der Waals surface area contributed by atoms with Gasteiger partial charge in [-0.05, 0) is 36.0 Å². The lowest BCUT2D eigenvalue weighted by molar-refractivity contribution is -0.148. The first-order valence-electron chi connectivity index (χ1n) is 7.93. The van der Waals surface area contributed by atoms with Crippen molar-refractivity contribution in [2.45, 2.75) is 30.7 Å². The van der Waals surface area contributed by atoms with Gasteiger partial charge >= 0.3 is 5.97 Å². The van der Waals surface area contributed by atoms with Gasteiger partial charge in [0, 0.05) is 19.2 Å². The minimum Gasteiger partial charge on any atom is -0.480 e. The Morgan fingerprint density at radius 3 is 2.62 bits per heavy atom. The molecule has 24 heavy (non-hydrogen) atoms. The number of nitrogens with one attached hydrogen (secondary N) is 1. The molecule has 0 aromatic heterocycles. The van der Waals surface area contributed by atoms with Crippen molar-refractivity contribution >= 4 is 35.2 Å². The third kappa shape index (κ3) is 2.88. The Kier molecular flexibility index (Phi) is 4.54. The third-order valence-electron chi connectivity index (χ3n) is 4.86. The summed E-state index contributed by atoms with van der Waals surface area (Å²) in [5.41, 5.74) is 0.254. The molecule has 128 valence electrons. The fraction of sp³-hybridized carbons (Fsp3) is 0.471. The largest absolute Gasteiger partial charge is 0.480 e. The number of hydrogen-bond acceptors (Lipinski definition) is 4. The Balaban J connectivity index is 1.88. The average Bonchev–Trinajstić information content (AvgIpc) is 2.58. The van der Waals surface area contributed by atoms with E-state index in [9.17, 15) is 19.5 Å². The number of hydrogen-bond donors (Lipinski definition) is 2. The molecule has 1 aromatic rings. The summed E-state index contributed by atoms with van der Waals surface area (Å²) in [4.78, 5) is 38.3. The molecule has 3 rings (SSSR count). The maximum absolute atomic E-state index is 12.8. The van der Waals surface area contributed by atoms with E-state index in [2.05, 4.69) is 5.32 Å². The van der Waals surface area contributed by atoms with Crippen LogP contribution in [0.15, 0.2) is 24.3 Å². The van der Waals surface area contributed by atoms with E-state index in [0.29, 0.717) is 30.0 Å². The first-order chi connectivity index (χ1) is 11.4. The van der Waals surface area contributed by atoms with Crippen LogP contribution in [0.3, 0.4) is 0 Å². The van der Waals surface area contributed by atoms with E-state index < -0.39 is 17.4 Å².